The molecule has 1 aromatic carbocycles. The summed E-state index contributed by atoms with van der Waals surface area (Å²) in [5, 5.41) is 4.02. The number of rotatable bonds is 7. The van der Waals surface area contributed by atoms with Crippen LogP contribution in [-0.4, -0.2) is 20.9 Å². The molecule has 0 atom stereocenters. The highest BCUT2D eigenvalue weighted by molar-refractivity contribution is 7.98. The second-order valence-electron chi connectivity index (χ2n) is 5.33. The van der Waals surface area contributed by atoms with E-state index in [9.17, 15) is 0 Å². The van der Waals surface area contributed by atoms with Gasteiger partial charge in [0, 0.05) is 30.1 Å². The summed E-state index contributed by atoms with van der Waals surface area (Å²) in [6.07, 6.45) is 5.31. The highest BCUT2D eigenvalue weighted by atomic mass is 32.2. The highest BCUT2D eigenvalue weighted by Crippen LogP contribution is 2.18. The van der Waals surface area contributed by atoms with Crippen molar-refractivity contribution >= 4 is 11.8 Å². The van der Waals surface area contributed by atoms with Crippen LogP contribution in [0.4, 0.5) is 0 Å². The molecule has 3 aromatic rings. The third kappa shape index (κ3) is 4.42. The van der Waals surface area contributed by atoms with Gasteiger partial charge in [-0.25, -0.2) is 0 Å². The molecular formula is C18H19N3OS. The summed E-state index contributed by atoms with van der Waals surface area (Å²) in [6.45, 7) is 2.16. The lowest BCUT2D eigenvalue weighted by Crippen LogP contribution is -1.91. The molecule has 0 fully saturated rings. The molecule has 2 heterocycles. The zero-order valence-electron chi connectivity index (χ0n) is 13.1. The first-order valence-electron chi connectivity index (χ1n) is 7.68. The van der Waals surface area contributed by atoms with Gasteiger partial charge in [0.25, 0.3) is 0 Å². The maximum absolute atomic E-state index is 5.31. The van der Waals surface area contributed by atoms with Gasteiger partial charge in [0.2, 0.25) is 11.7 Å². The van der Waals surface area contributed by atoms with E-state index in [-0.39, 0.29) is 0 Å². The van der Waals surface area contributed by atoms with Gasteiger partial charge in [0.05, 0.1) is 0 Å². The Kier molecular flexibility index (Phi) is 5.42. The predicted molar refractivity (Wildman–Crippen MR) is 93.2 cm³/mol. The molecule has 0 bridgehead atoms. The van der Waals surface area contributed by atoms with Crippen LogP contribution in [0.15, 0.2) is 53.3 Å². The quantitative estimate of drug-likeness (QED) is 0.606. The number of nitrogens with zero attached hydrogens (tertiary/aromatic N) is 3. The minimum absolute atomic E-state index is 0.634. The SMILES string of the molecule is Cc1ccccc1CSCCCc1nc(-c2ccncc2)no1. The summed E-state index contributed by atoms with van der Waals surface area (Å²) in [5.74, 6) is 3.48. The average molecular weight is 325 g/mol. The fourth-order valence-electron chi connectivity index (χ4n) is 2.25. The van der Waals surface area contributed by atoms with Gasteiger partial charge in [-0.3, -0.25) is 4.98 Å². The largest absolute Gasteiger partial charge is 0.339 e. The normalized spacial score (nSPS) is 10.8. The number of hydrogen-bond donors (Lipinski definition) is 0. The van der Waals surface area contributed by atoms with Crippen molar-refractivity contribution < 1.29 is 4.52 Å². The first kappa shape index (κ1) is 15.7. The minimum atomic E-state index is 0.634. The number of hydrogen-bond acceptors (Lipinski definition) is 5. The number of aryl methyl sites for hydroxylation is 2. The summed E-state index contributed by atoms with van der Waals surface area (Å²) in [6, 6.07) is 12.3. The van der Waals surface area contributed by atoms with Crippen LogP contribution in [0.3, 0.4) is 0 Å². The molecule has 0 radical (unpaired) electrons. The Balaban J connectivity index is 1.43. The van der Waals surface area contributed by atoms with Crippen LogP contribution in [0.1, 0.15) is 23.4 Å². The molecule has 0 N–H and O–H groups in total. The number of aromatic nitrogens is 3. The van der Waals surface area contributed by atoms with E-state index >= 15 is 0 Å². The zero-order valence-corrected chi connectivity index (χ0v) is 13.9. The molecule has 4 nitrogen and oxygen atoms in total. The lowest BCUT2D eigenvalue weighted by molar-refractivity contribution is 0.378. The summed E-state index contributed by atoms with van der Waals surface area (Å²) in [5.41, 5.74) is 3.71. The Hall–Kier alpha value is -2.14. The Labute approximate surface area is 140 Å². The first-order valence-corrected chi connectivity index (χ1v) is 8.83. The molecule has 3 rings (SSSR count). The van der Waals surface area contributed by atoms with E-state index in [0.717, 1.165) is 29.9 Å². The van der Waals surface area contributed by atoms with Crippen LogP contribution in [0.25, 0.3) is 11.4 Å². The van der Waals surface area contributed by atoms with E-state index in [0.29, 0.717) is 11.7 Å². The Morgan fingerprint density at radius 2 is 1.91 bits per heavy atom. The monoisotopic (exact) mass is 325 g/mol. The predicted octanol–water partition coefficient (Wildman–Crippen LogP) is 4.31. The second-order valence-corrected chi connectivity index (χ2v) is 6.44. The van der Waals surface area contributed by atoms with E-state index in [1.165, 1.54) is 11.1 Å². The van der Waals surface area contributed by atoms with Gasteiger partial charge in [0.15, 0.2) is 0 Å². The summed E-state index contributed by atoms with van der Waals surface area (Å²) in [4.78, 5) is 8.43. The summed E-state index contributed by atoms with van der Waals surface area (Å²) < 4.78 is 5.31. The van der Waals surface area contributed by atoms with Gasteiger partial charge in [-0.2, -0.15) is 16.7 Å². The molecule has 0 aliphatic heterocycles. The molecule has 23 heavy (non-hydrogen) atoms. The van der Waals surface area contributed by atoms with Gasteiger partial charge < -0.3 is 4.52 Å². The maximum atomic E-state index is 5.31. The first-order chi connectivity index (χ1) is 11.3. The van der Waals surface area contributed by atoms with E-state index in [1.807, 2.05) is 23.9 Å². The van der Waals surface area contributed by atoms with Gasteiger partial charge >= 0.3 is 0 Å². The van der Waals surface area contributed by atoms with Crippen LogP contribution in [-0.2, 0) is 12.2 Å². The van der Waals surface area contributed by atoms with Gasteiger partial charge in [-0.15, -0.1) is 0 Å². The summed E-state index contributed by atoms with van der Waals surface area (Å²) >= 11 is 1.94. The topological polar surface area (TPSA) is 51.8 Å². The minimum Gasteiger partial charge on any atom is -0.339 e. The van der Waals surface area contributed by atoms with Crippen molar-refractivity contribution in [1.82, 2.24) is 15.1 Å². The fraction of sp³-hybridized carbons (Fsp3) is 0.278. The zero-order chi connectivity index (χ0) is 15.9. The molecule has 0 aliphatic rings. The second kappa shape index (κ2) is 7.92. The number of pyridine rings is 1. The Morgan fingerprint density at radius 3 is 2.74 bits per heavy atom. The third-order valence-electron chi connectivity index (χ3n) is 3.60. The Bertz CT molecular complexity index is 743. The molecule has 0 saturated heterocycles. The molecule has 118 valence electrons. The smallest absolute Gasteiger partial charge is 0.226 e. The molecule has 0 amide bonds. The van der Waals surface area contributed by atoms with E-state index in [4.69, 9.17) is 4.52 Å². The standard InChI is InChI=1S/C18H19N3OS/c1-14-5-2-3-6-16(14)13-23-12-4-7-17-20-18(21-22-17)15-8-10-19-11-9-15/h2-3,5-6,8-11H,4,7,12-13H2,1H3. The molecule has 2 aromatic heterocycles. The third-order valence-corrected chi connectivity index (χ3v) is 4.70. The van der Waals surface area contributed by atoms with Gasteiger partial charge in [-0.05, 0) is 42.4 Å². The number of benzene rings is 1. The molecule has 0 unspecified atom stereocenters. The molecular weight excluding hydrogens is 306 g/mol. The van der Waals surface area contributed by atoms with E-state index in [2.05, 4.69) is 46.3 Å². The van der Waals surface area contributed by atoms with Crippen molar-refractivity contribution in [2.75, 3.05) is 5.75 Å². The van der Waals surface area contributed by atoms with Crippen molar-refractivity contribution in [3.8, 4) is 11.4 Å². The summed E-state index contributed by atoms with van der Waals surface area (Å²) in [7, 11) is 0. The van der Waals surface area contributed by atoms with Gasteiger partial charge in [-0.1, -0.05) is 29.4 Å². The lowest BCUT2D eigenvalue weighted by Gasteiger charge is -2.04. The van der Waals surface area contributed by atoms with Crippen molar-refractivity contribution in [3.05, 3.63) is 65.8 Å². The van der Waals surface area contributed by atoms with Crippen LogP contribution in [0.2, 0.25) is 0 Å². The van der Waals surface area contributed by atoms with Gasteiger partial charge in [0.1, 0.15) is 0 Å². The molecule has 5 heteroatoms. The van der Waals surface area contributed by atoms with Crippen LogP contribution >= 0.6 is 11.8 Å². The maximum Gasteiger partial charge on any atom is 0.226 e. The van der Waals surface area contributed by atoms with E-state index in [1.54, 1.807) is 12.4 Å². The fourth-order valence-corrected chi connectivity index (χ4v) is 3.29. The lowest BCUT2D eigenvalue weighted by atomic mass is 10.1. The van der Waals surface area contributed by atoms with Crippen LogP contribution in [0.5, 0.6) is 0 Å². The van der Waals surface area contributed by atoms with E-state index < -0.39 is 0 Å². The highest BCUT2D eigenvalue weighted by Gasteiger charge is 2.08. The molecule has 0 spiro atoms. The molecule has 0 aliphatic carbocycles. The van der Waals surface area contributed by atoms with Crippen molar-refractivity contribution in [3.63, 3.8) is 0 Å². The molecule has 0 saturated carbocycles. The van der Waals surface area contributed by atoms with Crippen molar-refractivity contribution in [2.24, 2.45) is 0 Å². The van der Waals surface area contributed by atoms with Crippen molar-refractivity contribution in [1.29, 1.82) is 0 Å². The van der Waals surface area contributed by atoms with Crippen molar-refractivity contribution in [2.45, 2.75) is 25.5 Å². The Morgan fingerprint density at radius 1 is 1.09 bits per heavy atom. The van der Waals surface area contributed by atoms with Crippen LogP contribution in [0, 0.1) is 6.92 Å². The average Bonchev–Trinajstić information content (AvgIpc) is 3.06. The van der Waals surface area contributed by atoms with Crippen LogP contribution < -0.4 is 0 Å². The number of thioether (sulfide) groups is 1.